The van der Waals surface area contributed by atoms with Crippen molar-refractivity contribution in [1.29, 1.82) is 5.26 Å². The first kappa shape index (κ1) is 30.5. The molecule has 0 unspecified atom stereocenters. The molecule has 240 valence electrons. The third-order valence-electron chi connectivity index (χ3n) is 9.08. The monoisotopic (exact) mass is 629 g/mol. The molecule has 7 rings (SSSR count). The molecule has 2 fully saturated rings. The Balaban J connectivity index is 0.944. The predicted molar refractivity (Wildman–Crippen MR) is 177 cm³/mol. The molecule has 4 heterocycles. The van der Waals surface area contributed by atoms with E-state index in [4.69, 9.17) is 24.3 Å². The highest BCUT2D eigenvalue weighted by Gasteiger charge is 2.31. The maximum atomic E-state index is 9.02. The fraction of sp³-hybridized carbons (Fsp3) is 0.417. The summed E-state index contributed by atoms with van der Waals surface area (Å²) >= 11 is 0. The second-order valence-electron chi connectivity index (χ2n) is 13.2. The Labute approximate surface area is 274 Å². The molecular weight excluding hydrogens is 590 g/mol. The van der Waals surface area contributed by atoms with E-state index in [9.17, 15) is 0 Å². The van der Waals surface area contributed by atoms with Crippen LogP contribution in [0.2, 0.25) is 0 Å². The molecule has 5 aromatic rings. The summed E-state index contributed by atoms with van der Waals surface area (Å²) < 4.78 is 11.4. The first-order chi connectivity index (χ1) is 22.9. The van der Waals surface area contributed by atoms with E-state index in [1.165, 1.54) is 0 Å². The molecule has 0 saturated heterocycles. The van der Waals surface area contributed by atoms with Gasteiger partial charge in [-0.3, -0.25) is 0 Å². The summed E-state index contributed by atoms with van der Waals surface area (Å²) in [4.78, 5) is 19.0. The van der Waals surface area contributed by atoms with Gasteiger partial charge in [-0.15, -0.1) is 0 Å². The van der Waals surface area contributed by atoms with E-state index in [1.54, 1.807) is 0 Å². The molecule has 0 bridgehead atoms. The van der Waals surface area contributed by atoms with Gasteiger partial charge in [-0.1, -0.05) is 36.3 Å². The Kier molecular flexibility index (Phi) is 8.66. The second-order valence-corrected chi connectivity index (χ2v) is 13.2. The third kappa shape index (κ3) is 7.17. The normalized spacial score (nSPS) is 17.9. The van der Waals surface area contributed by atoms with E-state index in [2.05, 4.69) is 50.8 Å². The molecule has 0 amide bonds. The first-order valence-corrected chi connectivity index (χ1v) is 16.5. The van der Waals surface area contributed by atoms with Gasteiger partial charge in [0.2, 0.25) is 11.9 Å². The van der Waals surface area contributed by atoms with Crippen molar-refractivity contribution in [3.63, 3.8) is 0 Å². The minimum atomic E-state index is 0.173. The number of nitrogens with one attached hydrogen (secondary N) is 2. The van der Waals surface area contributed by atoms with Crippen LogP contribution in [0.4, 0.5) is 11.9 Å². The van der Waals surface area contributed by atoms with Crippen LogP contribution in [-0.2, 0) is 13.0 Å². The van der Waals surface area contributed by atoms with Gasteiger partial charge in [-0.05, 0) is 81.4 Å². The number of benzene rings is 1. The van der Waals surface area contributed by atoms with E-state index in [-0.39, 0.29) is 5.92 Å². The van der Waals surface area contributed by atoms with Crippen molar-refractivity contribution in [3.8, 4) is 28.7 Å². The van der Waals surface area contributed by atoms with E-state index in [1.807, 2.05) is 55.7 Å². The lowest BCUT2D eigenvalue weighted by Crippen LogP contribution is -2.28. The van der Waals surface area contributed by atoms with Crippen LogP contribution in [0.3, 0.4) is 0 Å². The number of rotatable bonds is 11. The number of hydrogen-bond donors (Lipinski definition) is 2. The summed E-state index contributed by atoms with van der Waals surface area (Å²) in [6.45, 7) is 6.72. The first-order valence-electron chi connectivity index (χ1n) is 16.5. The van der Waals surface area contributed by atoms with Crippen LogP contribution in [0.1, 0.15) is 98.1 Å². The number of aromatic nitrogens is 6. The van der Waals surface area contributed by atoms with Crippen molar-refractivity contribution in [2.45, 2.75) is 90.1 Å². The van der Waals surface area contributed by atoms with Gasteiger partial charge in [-0.25, -0.2) is 19.9 Å². The van der Waals surface area contributed by atoms with Crippen molar-refractivity contribution < 1.29 is 9.05 Å². The lowest BCUT2D eigenvalue weighted by molar-refractivity contribution is 0.326. The van der Waals surface area contributed by atoms with Crippen LogP contribution in [0.5, 0.6) is 0 Å². The van der Waals surface area contributed by atoms with Crippen molar-refractivity contribution >= 4 is 11.9 Å². The van der Waals surface area contributed by atoms with Gasteiger partial charge in [0.25, 0.3) is 0 Å². The molecule has 0 spiro atoms. The van der Waals surface area contributed by atoms with Crippen LogP contribution in [0, 0.1) is 24.2 Å². The topological polar surface area (TPSA) is 151 Å². The number of nitrogens with zero attached hydrogens (tertiary/aromatic N) is 7. The molecule has 1 aromatic carbocycles. The standard InChI is InChI=1S/C36H39N9O2/c1-21(2)33-29(19-39-35(42-33)38-18-25-6-4-24(17-37)5-7-25)32-16-28(45-47-32)15-23-8-12-27(13-9-23)41-36-40-20-30(31-14-22(3)44-46-31)34(43-36)26-10-11-26/h4-7,14,16,19-21,23,26-27H,8-13,15,18H2,1-3H3,(H,38,39,42)(H,40,41,43). The summed E-state index contributed by atoms with van der Waals surface area (Å²) in [6, 6.07) is 14.0. The third-order valence-corrected chi connectivity index (χ3v) is 9.08. The van der Waals surface area contributed by atoms with E-state index in [0.29, 0.717) is 47.6 Å². The summed E-state index contributed by atoms with van der Waals surface area (Å²) in [5.74, 6) is 3.89. The molecule has 2 aliphatic carbocycles. The number of aryl methyl sites for hydroxylation is 1. The molecule has 2 aliphatic rings. The summed E-state index contributed by atoms with van der Waals surface area (Å²) in [5.41, 5.74) is 7.31. The van der Waals surface area contributed by atoms with Crippen LogP contribution in [0.25, 0.3) is 22.6 Å². The van der Waals surface area contributed by atoms with Gasteiger partial charge in [-0.2, -0.15) is 5.26 Å². The number of anilines is 2. The summed E-state index contributed by atoms with van der Waals surface area (Å²) in [6.07, 6.45) is 11.2. The Hall–Kier alpha value is -5.11. The lowest BCUT2D eigenvalue weighted by atomic mass is 9.83. The van der Waals surface area contributed by atoms with Gasteiger partial charge in [0.1, 0.15) is 0 Å². The van der Waals surface area contributed by atoms with Gasteiger partial charge in [0.05, 0.1) is 45.5 Å². The molecule has 4 aromatic heterocycles. The molecule has 0 atom stereocenters. The quantitative estimate of drug-likeness (QED) is 0.149. The van der Waals surface area contributed by atoms with Crippen LogP contribution < -0.4 is 10.6 Å². The van der Waals surface area contributed by atoms with Crippen molar-refractivity contribution in [2.75, 3.05) is 10.6 Å². The average molecular weight is 630 g/mol. The average Bonchev–Trinajstić information content (AvgIpc) is 3.69. The maximum absolute atomic E-state index is 9.02. The van der Waals surface area contributed by atoms with Crippen molar-refractivity contribution in [1.82, 2.24) is 30.2 Å². The summed E-state index contributed by atoms with van der Waals surface area (Å²) in [5, 5.41) is 24.4. The predicted octanol–water partition coefficient (Wildman–Crippen LogP) is 7.58. The zero-order valence-corrected chi connectivity index (χ0v) is 27.0. The highest BCUT2D eigenvalue weighted by atomic mass is 16.5. The highest BCUT2D eigenvalue weighted by Crippen LogP contribution is 2.43. The minimum Gasteiger partial charge on any atom is -0.356 e. The Bertz CT molecular complexity index is 1880. The van der Waals surface area contributed by atoms with Gasteiger partial charge < -0.3 is 19.7 Å². The molecule has 0 radical (unpaired) electrons. The maximum Gasteiger partial charge on any atom is 0.223 e. The minimum absolute atomic E-state index is 0.173. The number of hydrogen-bond acceptors (Lipinski definition) is 11. The Morgan fingerprint density at radius 1 is 0.872 bits per heavy atom. The van der Waals surface area contributed by atoms with Gasteiger partial charge in [0, 0.05) is 43.0 Å². The van der Waals surface area contributed by atoms with Crippen LogP contribution >= 0.6 is 0 Å². The van der Waals surface area contributed by atoms with Crippen molar-refractivity contribution in [3.05, 3.63) is 82.7 Å². The zero-order chi connectivity index (χ0) is 32.3. The molecule has 11 heteroatoms. The summed E-state index contributed by atoms with van der Waals surface area (Å²) in [7, 11) is 0. The molecule has 2 N–H and O–H groups in total. The molecule has 47 heavy (non-hydrogen) atoms. The fourth-order valence-corrected chi connectivity index (χ4v) is 6.33. The second kappa shape index (κ2) is 13.3. The molecule has 0 aliphatic heterocycles. The largest absolute Gasteiger partial charge is 0.356 e. The van der Waals surface area contributed by atoms with E-state index >= 15 is 0 Å². The molecule has 2 saturated carbocycles. The molecular formula is C36H39N9O2. The van der Waals surface area contributed by atoms with Crippen LogP contribution in [-0.4, -0.2) is 36.3 Å². The highest BCUT2D eigenvalue weighted by molar-refractivity contribution is 5.62. The smallest absolute Gasteiger partial charge is 0.223 e. The van der Waals surface area contributed by atoms with Gasteiger partial charge in [0.15, 0.2) is 11.5 Å². The Morgan fingerprint density at radius 2 is 1.60 bits per heavy atom. The van der Waals surface area contributed by atoms with Crippen LogP contribution in [0.15, 0.2) is 57.8 Å². The fourth-order valence-electron chi connectivity index (χ4n) is 6.33. The lowest BCUT2D eigenvalue weighted by Gasteiger charge is -2.28. The van der Waals surface area contributed by atoms with Crippen molar-refractivity contribution in [2.24, 2.45) is 5.92 Å². The number of nitriles is 1. The van der Waals surface area contributed by atoms with Gasteiger partial charge >= 0.3 is 0 Å². The molecule has 11 nitrogen and oxygen atoms in total. The van der Waals surface area contributed by atoms with E-state index < -0.39 is 0 Å². The Morgan fingerprint density at radius 3 is 2.30 bits per heavy atom. The SMILES string of the molecule is Cc1cc(-c2cnc(NC3CCC(Cc4cc(-c5cnc(NCc6ccc(C#N)cc6)nc5C(C)C)on4)CC3)nc2C2CC2)on1. The van der Waals surface area contributed by atoms with E-state index in [0.717, 1.165) is 90.2 Å². The zero-order valence-electron chi connectivity index (χ0n) is 27.0.